The Bertz CT molecular complexity index is 610. The average Bonchev–Trinajstić information content (AvgIpc) is 2.40. The van der Waals surface area contributed by atoms with Gasteiger partial charge in [0.15, 0.2) is 0 Å². The summed E-state index contributed by atoms with van der Waals surface area (Å²) in [7, 11) is 0. The van der Waals surface area contributed by atoms with Crippen molar-refractivity contribution in [1.29, 1.82) is 0 Å². The Kier molecular flexibility index (Phi) is 4.18. The van der Waals surface area contributed by atoms with Gasteiger partial charge in [0, 0.05) is 12.2 Å². The number of nitrogens with one attached hydrogen (secondary N) is 1. The summed E-state index contributed by atoms with van der Waals surface area (Å²) in [4.78, 5) is 0. The molecule has 0 heterocycles. The van der Waals surface area contributed by atoms with Crippen LogP contribution < -0.4 is 5.32 Å². The van der Waals surface area contributed by atoms with Gasteiger partial charge in [0.1, 0.15) is 5.82 Å². The molecule has 0 bridgehead atoms. The molecule has 0 radical (unpaired) electrons. The van der Waals surface area contributed by atoms with E-state index in [1.165, 1.54) is 30.3 Å². The molecule has 0 fully saturated rings. The van der Waals surface area contributed by atoms with Crippen molar-refractivity contribution in [2.75, 3.05) is 5.32 Å². The highest BCUT2D eigenvalue weighted by Gasteiger charge is 2.33. The van der Waals surface area contributed by atoms with Crippen LogP contribution in [0.2, 0.25) is 5.02 Å². The maximum absolute atomic E-state index is 13.2. The Morgan fingerprint density at radius 2 is 1.70 bits per heavy atom. The minimum atomic E-state index is -4.45. The van der Waals surface area contributed by atoms with Crippen LogP contribution in [-0.4, -0.2) is 0 Å². The second-order valence-electron chi connectivity index (χ2n) is 4.11. The molecule has 0 unspecified atom stereocenters. The summed E-state index contributed by atoms with van der Waals surface area (Å²) in [5.41, 5.74) is -0.448. The topological polar surface area (TPSA) is 12.0 Å². The molecular weight excluding hydrogens is 294 g/mol. The Morgan fingerprint density at radius 1 is 1.00 bits per heavy atom. The third-order valence-electron chi connectivity index (χ3n) is 2.73. The van der Waals surface area contributed by atoms with Gasteiger partial charge in [-0.25, -0.2) is 4.39 Å². The van der Waals surface area contributed by atoms with Gasteiger partial charge in [0.05, 0.1) is 10.6 Å². The molecule has 2 aromatic carbocycles. The molecule has 0 aliphatic rings. The van der Waals surface area contributed by atoms with E-state index < -0.39 is 17.6 Å². The zero-order valence-corrected chi connectivity index (χ0v) is 10.9. The largest absolute Gasteiger partial charge is 0.418 e. The zero-order chi connectivity index (χ0) is 14.8. The summed E-state index contributed by atoms with van der Waals surface area (Å²) in [5.74, 6) is -0.602. The molecule has 106 valence electrons. The first-order valence-corrected chi connectivity index (χ1v) is 6.10. The molecule has 0 aliphatic heterocycles. The van der Waals surface area contributed by atoms with E-state index in [1.807, 2.05) is 0 Å². The van der Waals surface area contributed by atoms with Crippen molar-refractivity contribution >= 4 is 17.3 Å². The molecule has 1 nitrogen and oxygen atoms in total. The maximum atomic E-state index is 13.2. The van der Waals surface area contributed by atoms with Gasteiger partial charge in [-0.2, -0.15) is 13.2 Å². The van der Waals surface area contributed by atoms with Crippen LogP contribution in [0.3, 0.4) is 0 Å². The van der Waals surface area contributed by atoms with Gasteiger partial charge in [0.2, 0.25) is 0 Å². The van der Waals surface area contributed by atoms with Crippen molar-refractivity contribution in [3.05, 3.63) is 64.4 Å². The first-order valence-electron chi connectivity index (χ1n) is 5.72. The second kappa shape index (κ2) is 5.71. The summed E-state index contributed by atoms with van der Waals surface area (Å²) in [6.07, 6.45) is -4.45. The lowest BCUT2D eigenvalue weighted by atomic mass is 10.1. The SMILES string of the molecule is Fc1cccc(CNc2ccccc2C(F)(F)F)c1Cl. The molecular formula is C14H10ClF4N. The van der Waals surface area contributed by atoms with Gasteiger partial charge in [0.25, 0.3) is 0 Å². The maximum Gasteiger partial charge on any atom is 0.418 e. The number of hydrogen-bond acceptors (Lipinski definition) is 1. The molecule has 20 heavy (non-hydrogen) atoms. The monoisotopic (exact) mass is 303 g/mol. The average molecular weight is 304 g/mol. The molecule has 2 aromatic rings. The van der Waals surface area contributed by atoms with Gasteiger partial charge in [-0.15, -0.1) is 0 Å². The highest BCUT2D eigenvalue weighted by atomic mass is 35.5. The Morgan fingerprint density at radius 3 is 2.40 bits per heavy atom. The van der Waals surface area contributed by atoms with Gasteiger partial charge in [-0.1, -0.05) is 35.9 Å². The minimum absolute atomic E-state index is 0.00366. The number of anilines is 1. The molecule has 6 heteroatoms. The van der Waals surface area contributed by atoms with E-state index in [0.717, 1.165) is 6.07 Å². The van der Waals surface area contributed by atoms with Crippen LogP contribution >= 0.6 is 11.6 Å². The van der Waals surface area contributed by atoms with Crippen LogP contribution in [-0.2, 0) is 12.7 Å². The fourth-order valence-electron chi connectivity index (χ4n) is 1.76. The summed E-state index contributed by atoms with van der Waals surface area (Å²) in [6, 6.07) is 9.29. The fraction of sp³-hybridized carbons (Fsp3) is 0.143. The van der Waals surface area contributed by atoms with Crippen LogP contribution in [0.4, 0.5) is 23.2 Å². The van der Waals surface area contributed by atoms with Crippen molar-refractivity contribution in [3.63, 3.8) is 0 Å². The Balaban J connectivity index is 2.22. The van der Waals surface area contributed by atoms with E-state index in [2.05, 4.69) is 5.32 Å². The van der Waals surface area contributed by atoms with E-state index in [9.17, 15) is 17.6 Å². The zero-order valence-electron chi connectivity index (χ0n) is 10.1. The third kappa shape index (κ3) is 3.22. The van der Waals surface area contributed by atoms with Gasteiger partial charge in [-0.05, 0) is 23.8 Å². The number of hydrogen-bond donors (Lipinski definition) is 1. The normalized spacial score (nSPS) is 11.4. The summed E-state index contributed by atoms with van der Waals surface area (Å²) in [6.45, 7) is 0.00366. The predicted octanol–water partition coefficient (Wildman–Crippen LogP) is 5.11. The highest BCUT2D eigenvalue weighted by Crippen LogP contribution is 2.35. The molecule has 0 aliphatic carbocycles. The predicted molar refractivity (Wildman–Crippen MR) is 70.2 cm³/mol. The summed E-state index contributed by atoms with van der Waals surface area (Å²) < 4.78 is 51.6. The van der Waals surface area contributed by atoms with Gasteiger partial charge >= 0.3 is 6.18 Å². The van der Waals surface area contributed by atoms with Crippen molar-refractivity contribution in [2.24, 2.45) is 0 Å². The first-order chi connectivity index (χ1) is 9.39. The molecule has 0 saturated carbocycles. The molecule has 2 rings (SSSR count). The Labute approximate surface area is 118 Å². The molecule has 0 saturated heterocycles. The number of rotatable bonds is 3. The smallest absolute Gasteiger partial charge is 0.380 e. The van der Waals surface area contributed by atoms with Gasteiger partial charge in [-0.3, -0.25) is 0 Å². The van der Waals surface area contributed by atoms with Crippen molar-refractivity contribution in [2.45, 2.75) is 12.7 Å². The van der Waals surface area contributed by atoms with E-state index >= 15 is 0 Å². The second-order valence-corrected chi connectivity index (χ2v) is 4.49. The molecule has 0 atom stereocenters. The number of benzene rings is 2. The van der Waals surface area contributed by atoms with Crippen molar-refractivity contribution in [3.8, 4) is 0 Å². The van der Waals surface area contributed by atoms with Gasteiger partial charge < -0.3 is 5.32 Å². The summed E-state index contributed by atoms with van der Waals surface area (Å²) in [5, 5.41) is 2.54. The lowest BCUT2D eigenvalue weighted by Crippen LogP contribution is -2.10. The molecule has 0 spiro atoms. The van der Waals surface area contributed by atoms with Crippen LogP contribution in [0.25, 0.3) is 0 Å². The first kappa shape index (κ1) is 14.7. The molecule has 0 aromatic heterocycles. The lowest BCUT2D eigenvalue weighted by molar-refractivity contribution is -0.136. The van der Waals surface area contributed by atoms with Crippen molar-refractivity contribution in [1.82, 2.24) is 0 Å². The van der Waals surface area contributed by atoms with Crippen LogP contribution in [0.1, 0.15) is 11.1 Å². The number of halogens is 5. The van der Waals surface area contributed by atoms with Crippen LogP contribution in [0, 0.1) is 5.82 Å². The standard InChI is InChI=1S/C14H10ClF4N/c15-13-9(4-3-6-11(13)16)8-20-12-7-2-1-5-10(12)14(17,18)19/h1-7,20H,8H2. The van der Waals surface area contributed by atoms with E-state index in [4.69, 9.17) is 11.6 Å². The van der Waals surface area contributed by atoms with Crippen molar-refractivity contribution < 1.29 is 17.6 Å². The lowest BCUT2D eigenvalue weighted by Gasteiger charge is -2.14. The Hall–Kier alpha value is -1.75. The molecule has 0 amide bonds. The number of para-hydroxylation sites is 1. The summed E-state index contributed by atoms with van der Waals surface area (Å²) >= 11 is 5.75. The molecule has 1 N–H and O–H groups in total. The third-order valence-corrected chi connectivity index (χ3v) is 3.16. The van der Waals surface area contributed by atoms with E-state index in [0.29, 0.717) is 5.56 Å². The highest BCUT2D eigenvalue weighted by molar-refractivity contribution is 6.31. The number of alkyl halides is 3. The van der Waals surface area contributed by atoms with Crippen LogP contribution in [0.5, 0.6) is 0 Å². The van der Waals surface area contributed by atoms with Crippen LogP contribution in [0.15, 0.2) is 42.5 Å². The van der Waals surface area contributed by atoms with E-state index in [-0.39, 0.29) is 17.3 Å². The van der Waals surface area contributed by atoms with E-state index in [1.54, 1.807) is 6.07 Å². The fourth-order valence-corrected chi connectivity index (χ4v) is 1.95. The minimum Gasteiger partial charge on any atom is -0.380 e. The quantitative estimate of drug-likeness (QED) is 0.777.